The van der Waals surface area contributed by atoms with Gasteiger partial charge in [-0.3, -0.25) is 43.8 Å². The lowest BCUT2D eigenvalue weighted by Crippen LogP contribution is -2.54. The number of amides is 5. The molecule has 14 heteroatoms. The molecule has 0 saturated carbocycles. The lowest BCUT2D eigenvalue weighted by molar-refractivity contribution is -0.136. The van der Waals surface area contributed by atoms with Gasteiger partial charge in [0.25, 0.3) is 17.7 Å². The summed E-state index contributed by atoms with van der Waals surface area (Å²) in [6, 6.07) is 16.2. The number of unbranched alkanes of at least 4 members (excludes halogenated alkanes) is 5. The van der Waals surface area contributed by atoms with E-state index in [-0.39, 0.29) is 29.9 Å². The number of carbonyl (C=O) groups is 5. The Kier molecular flexibility index (Phi) is 10.6. The van der Waals surface area contributed by atoms with Crippen molar-refractivity contribution in [3.63, 3.8) is 0 Å². The van der Waals surface area contributed by atoms with E-state index in [1.165, 1.54) is 12.8 Å². The molecule has 56 heavy (non-hydrogen) atoms. The van der Waals surface area contributed by atoms with Gasteiger partial charge in [-0.05, 0) is 94.1 Å². The van der Waals surface area contributed by atoms with Crippen molar-refractivity contribution in [2.75, 3.05) is 23.7 Å². The number of imide groups is 2. The Morgan fingerprint density at radius 2 is 1.77 bits per heavy atom. The fourth-order valence-electron chi connectivity index (χ4n) is 8.22. The second-order valence-electron chi connectivity index (χ2n) is 15.2. The summed E-state index contributed by atoms with van der Waals surface area (Å²) in [5.74, 6) is -1.25. The maximum absolute atomic E-state index is 13.3. The SMILES string of the molecule is CC1CCCN1Cc1nc2ccc(NC(=O)c3ccc4c(cnn4CCCCCCCCNc4cccc5c4C(=O)N(C4CCC(=O)NC4=O)C5=O)c3)cc2[nH]1. The molecular weight excluding hydrogens is 711 g/mol. The molecule has 3 aliphatic heterocycles. The van der Waals surface area contributed by atoms with Crippen LogP contribution in [0.25, 0.3) is 21.9 Å². The Morgan fingerprint density at radius 3 is 2.59 bits per heavy atom. The third-order valence-corrected chi connectivity index (χ3v) is 11.3. The molecule has 2 aromatic heterocycles. The maximum Gasteiger partial charge on any atom is 0.264 e. The van der Waals surface area contributed by atoms with Gasteiger partial charge in [-0.15, -0.1) is 0 Å². The van der Waals surface area contributed by atoms with E-state index in [9.17, 15) is 24.0 Å². The first-order chi connectivity index (χ1) is 27.2. The molecule has 2 unspecified atom stereocenters. The molecule has 2 atom stereocenters. The summed E-state index contributed by atoms with van der Waals surface area (Å²) in [5.41, 5.74) is 5.23. The van der Waals surface area contributed by atoms with Gasteiger partial charge >= 0.3 is 0 Å². The van der Waals surface area contributed by atoms with E-state index in [1.807, 2.05) is 47.3 Å². The molecule has 5 heterocycles. The average Bonchev–Trinajstić information content (AvgIpc) is 3.96. The van der Waals surface area contributed by atoms with Crippen molar-refractivity contribution in [3.8, 4) is 0 Å². The van der Waals surface area contributed by atoms with Gasteiger partial charge in [0.05, 0.1) is 40.4 Å². The fraction of sp³-hybridized carbons (Fsp3) is 0.405. The zero-order valence-corrected chi connectivity index (χ0v) is 31.6. The Labute approximate surface area is 324 Å². The van der Waals surface area contributed by atoms with Crippen LogP contribution in [0, 0.1) is 0 Å². The number of aryl methyl sites for hydroxylation is 1. The molecule has 3 aliphatic rings. The van der Waals surface area contributed by atoms with Crippen LogP contribution in [-0.4, -0.2) is 84.3 Å². The van der Waals surface area contributed by atoms with E-state index < -0.39 is 29.7 Å². The predicted molar refractivity (Wildman–Crippen MR) is 212 cm³/mol. The second-order valence-corrected chi connectivity index (χ2v) is 15.2. The Hall–Kier alpha value is -5.89. The van der Waals surface area contributed by atoms with Crippen molar-refractivity contribution in [3.05, 3.63) is 83.3 Å². The quantitative estimate of drug-likeness (QED) is 0.0738. The number of anilines is 2. The third-order valence-electron chi connectivity index (χ3n) is 11.3. The standard InChI is InChI=1S/C42H47N9O5/c1-26-10-9-20-49(26)25-36-46-31-15-14-29(23-33(31)47-36)45-39(53)27-13-16-34-28(22-27)24-44-50(34)21-7-5-3-2-4-6-19-43-32-12-8-11-30-38(32)42(56)51(41(30)55)35-17-18-37(52)48-40(35)54/h8,11-16,22-24,26,35,43H,2-7,9-10,17-21,25H2,1H3,(H,45,53)(H,46,47)(H,48,52,54). The predicted octanol–water partition coefficient (Wildman–Crippen LogP) is 6.00. The maximum atomic E-state index is 13.3. The smallest absolute Gasteiger partial charge is 0.264 e. The van der Waals surface area contributed by atoms with E-state index in [4.69, 9.17) is 4.98 Å². The normalized spacial score (nSPS) is 18.6. The summed E-state index contributed by atoms with van der Waals surface area (Å²) >= 11 is 0. The van der Waals surface area contributed by atoms with E-state index in [0.717, 1.165) is 90.8 Å². The van der Waals surface area contributed by atoms with Crippen LogP contribution in [0.5, 0.6) is 0 Å². The first-order valence-electron chi connectivity index (χ1n) is 19.8. The van der Waals surface area contributed by atoms with Crippen LogP contribution in [0.1, 0.15) is 108 Å². The van der Waals surface area contributed by atoms with E-state index in [2.05, 4.69) is 37.9 Å². The van der Waals surface area contributed by atoms with Crippen LogP contribution < -0.4 is 16.0 Å². The van der Waals surface area contributed by atoms with Crippen molar-refractivity contribution in [2.45, 2.75) is 96.3 Å². The highest BCUT2D eigenvalue weighted by Gasteiger charge is 2.45. The minimum absolute atomic E-state index is 0.0869. The number of fused-ring (bicyclic) bond motifs is 3. The number of aromatic amines is 1. The monoisotopic (exact) mass is 757 g/mol. The van der Waals surface area contributed by atoms with Crippen molar-refractivity contribution in [1.82, 2.24) is 34.9 Å². The Bertz CT molecular complexity index is 2330. The fourth-order valence-corrected chi connectivity index (χ4v) is 8.22. The van der Waals surface area contributed by atoms with Gasteiger partial charge < -0.3 is 15.6 Å². The van der Waals surface area contributed by atoms with Crippen molar-refractivity contribution in [2.24, 2.45) is 0 Å². The van der Waals surface area contributed by atoms with Crippen LogP contribution in [-0.2, 0) is 22.7 Å². The number of hydrogen-bond acceptors (Lipinski definition) is 9. The van der Waals surface area contributed by atoms with Gasteiger partial charge in [0.1, 0.15) is 11.9 Å². The van der Waals surface area contributed by atoms with Crippen molar-refractivity contribution in [1.29, 1.82) is 0 Å². The first-order valence-corrected chi connectivity index (χ1v) is 19.8. The molecule has 5 amide bonds. The molecule has 0 spiro atoms. The van der Waals surface area contributed by atoms with Gasteiger partial charge in [0.15, 0.2) is 0 Å². The number of imidazole rings is 1. The Balaban J connectivity index is 0.757. The molecule has 0 aliphatic carbocycles. The molecule has 3 aromatic carbocycles. The highest BCUT2D eigenvalue weighted by atomic mass is 16.2. The number of H-pyrrole nitrogens is 1. The number of benzene rings is 3. The van der Waals surface area contributed by atoms with Gasteiger partial charge in [-0.25, -0.2) is 4.98 Å². The average molecular weight is 758 g/mol. The molecule has 5 aromatic rings. The zero-order valence-electron chi connectivity index (χ0n) is 31.6. The van der Waals surface area contributed by atoms with E-state index >= 15 is 0 Å². The highest BCUT2D eigenvalue weighted by Crippen LogP contribution is 2.32. The van der Waals surface area contributed by atoms with Crippen LogP contribution in [0.4, 0.5) is 11.4 Å². The summed E-state index contributed by atoms with van der Waals surface area (Å²) in [6.45, 7) is 5.60. The van der Waals surface area contributed by atoms with Gasteiger partial charge in [0, 0.05) is 47.9 Å². The summed E-state index contributed by atoms with van der Waals surface area (Å²) < 4.78 is 2.00. The zero-order chi connectivity index (χ0) is 38.8. The van der Waals surface area contributed by atoms with Crippen LogP contribution >= 0.6 is 0 Å². The topological polar surface area (TPSA) is 174 Å². The van der Waals surface area contributed by atoms with Gasteiger partial charge in [-0.1, -0.05) is 31.7 Å². The summed E-state index contributed by atoms with van der Waals surface area (Å²) in [4.78, 5) is 75.2. The minimum Gasteiger partial charge on any atom is -0.384 e. The van der Waals surface area contributed by atoms with E-state index in [0.29, 0.717) is 29.5 Å². The van der Waals surface area contributed by atoms with Gasteiger partial charge in [-0.2, -0.15) is 5.10 Å². The lowest BCUT2D eigenvalue weighted by Gasteiger charge is -2.27. The number of hydrogen-bond donors (Lipinski definition) is 4. The largest absolute Gasteiger partial charge is 0.384 e. The van der Waals surface area contributed by atoms with Crippen LogP contribution in [0.15, 0.2) is 60.8 Å². The first kappa shape index (κ1) is 37.1. The van der Waals surface area contributed by atoms with Gasteiger partial charge in [0.2, 0.25) is 11.8 Å². The molecule has 0 radical (unpaired) electrons. The van der Waals surface area contributed by atoms with Crippen LogP contribution in [0.2, 0.25) is 0 Å². The summed E-state index contributed by atoms with van der Waals surface area (Å²) in [6.07, 6.45) is 10.6. The molecule has 8 rings (SSSR count). The number of piperidine rings is 1. The number of carbonyl (C=O) groups excluding carboxylic acids is 5. The second kappa shape index (κ2) is 16.1. The van der Waals surface area contributed by atoms with Crippen LogP contribution in [0.3, 0.4) is 0 Å². The lowest BCUT2D eigenvalue weighted by atomic mass is 10.0. The third kappa shape index (κ3) is 7.65. The van der Waals surface area contributed by atoms with Crippen molar-refractivity contribution >= 4 is 62.8 Å². The molecule has 2 saturated heterocycles. The number of aromatic nitrogens is 4. The molecule has 14 nitrogen and oxygen atoms in total. The Morgan fingerprint density at radius 1 is 0.929 bits per heavy atom. The molecule has 0 bridgehead atoms. The summed E-state index contributed by atoms with van der Waals surface area (Å²) in [5, 5.41) is 14.1. The van der Waals surface area contributed by atoms with E-state index in [1.54, 1.807) is 18.2 Å². The number of nitrogens with one attached hydrogen (secondary N) is 4. The molecule has 290 valence electrons. The number of likely N-dealkylation sites (tertiary alicyclic amines) is 1. The minimum atomic E-state index is -0.982. The van der Waals surface area contributed by atoms with Crippen molar-refractivity contribution < 1.29 is 24.0 Å². The molecular formula is C42H47N9O5. The number of nitrogens with zero attached hydrogens (tertiary/aromatic N) is 5. The molecule has 4 N–H and O–H groups in total. The number of rotatable bonds is 15. The highest BCUT2D eigenvalue weighted by molar-refractivity contribution is 6.25. The summed E-state index contributed by atoms with van der Waals surface area (Å²) in [7, 11) is 0. The molecule has 2 fully saturated rings.